The van der Waals surface area contributed by atoms with E-state index in [4.69, 9.17) is 9.47 Å². The molecule has 1 spiro atoms. The number of hydrogen-bond acceptors (Lipinski definition) is 4. The van der Waals surface area contributed by atoms with Gasteiger partial charge < -0.3 is 14.4 Å². The first-order valence-electron chi connectivity index (χ1n) is 7.21. The van der Waals surface area contributed by atoms with Gasteiger partial charge in [0.15, 0.2) is 0 Å². The van der Waals surface area contributed by atoms with E-state index in [1.165, 1.54) is 0 Å². The first-order chi connectivity index (χ1) is 10.3. The molecule has 21 heavy (non-hydrogen) atoms. The number of aromatic nitrogens is 2. The van der Waals surface area contributed by atoms with Crippen molar-refractivity contribution in [2.24, 2.45) is 0 Å². The zero-order chi connectivity index (χ0) is 14.3. The van der Waals surface area contributed by atoms with E-state index in [1.54, 1.807) is 6.20 Å². The lowest BCUT2D eigenvalue weighted by molar-refractivity contribution is -0.0995. The second kappa shape index (κ2) is 4.82. The summed E-state index contributed by atoms with van der Waals surface area (Å²) in [5.41, 5.74) is 1.15. The first-order valence-corrected chi connectivity index (χ1v) is 7.21. The molecule has 110 valence electrons. The average molecular weight is 287 g/mol. The maximum absolute atomic E-state index is 12.8. The number of carbonyl (C=O) groups excluding carboxylic acids is 1. The topological polar surface area (TPSA) is 67.5 Å². The van der Waals surface area contributed by atoms with Gasteiger partial charge in [0.05, 0.1) is 37.0 Å². The number of nitrogens with zero attached hydrogens (tertiary/aromatic N) is 2. The summed E-state index contributed by atoms with van der Waals surface area (Å²) in [6.07, 6.45) is 2.59. The lowest BCUT2D eigenvalue weighted by Crippen LogP contribution is -2.54. The summed E-state index contributed by atoms with van der Waals surface area (Å²) in [4.78, 5) is 14.7. The fourth-order valence-corrected chi connectivity index (χ4v) is 3.16. The SMILES string of the molecule is O=C(c1cccc2cn[nH]c12)N1CCOC2(CCOC2)C1. The second-order valence-electron chi connectivity index (χ2n) is 5.70. The molecule has 6 nitrogen and oxygen atoms in total. The normalized spacial score (nSPS) is 25.8. The fraction of sp³-hybridized carbons (Fsp3) is 0.467. The summed E-state index contributed by atoms with van der Waals surface area (Å²) in [6, 6.07) is 5.68. The molecule has 6 heteroatoms. The lowest BCUT2D eigenvalue weighted by Gasteiger charge is -2.39. The summed E-state index contributed by atoms with van der Waals surface area (Å²) >= 11 is 0. The van der Waals surface area contributed by atoms with Crippen LogP contribution in [0.15, 0.2) is 24.4 Å². The summed E-state index contributed by atoms with van der Waals surface area (Å²) in [6.45, 7) is 3.05. The van der Waals surface area contributed by atoms with Crippen LogP contribution in [-0.4, -0.2) is 59.5 Å². The van der Waals surface area contributed by atoms with Gasteiger partial charge in [0.25, 0.3) is 5.91 Å². The zero-order valence-electron chi connectivity index (χ0n) is 11.7. The molecular weight excluding hydrogens is 270 g/mol. The second-order valence-corrected chi connectivity index (χ2v) is 5.70. The van der Waals surface area contributed by atoms with Gasteiger partial charge in [-0.3, -0.25) is 9.89 Å². The zero-order valence-corrected chi connectivity index (χ0v) is 11.7. The maximum atomic E-state index is 12.8. The number of benzene rings is 1. The lowest BCUT2D eigenvalue weighted by atomic mass is 10.00. The number of H-pyrrole nitrogens is 1. The predicted molar refractivity (Wildman–Crippen MR) is 76.1 cm³/mol. The minimum absolute atomic E-state index is 0.0272. The highest BCUT2D eigenvalue weighted by Gasteiger charge is 2.42. The standard InChI is InChI=1S/C15H17N3O3/c19-14(12-3-1-2-11-8-16-17-13(11)12)18-5-7-21-15(9-18)4-6-20-10-15/h1-3,8H,4-7,9-10H2,(H,16,17). The van der Waals surface area contributed by atoms with E-state index in [0.29, 0.717) is 38.5 Å². The molecule has 0 bridgehead atoms. The number of carbonyl (C=O) groups is 1. The molecule has 2 fully saturated rings. The number of morpholine rings is 1. The molecule has 2 aliphatic rings. The van der Waals surface area contributed by atoms with Gasteiger partial charge in [0, 0.05) is 25.0 Å². The molecule has 0 radical (unpaired) electrons. The van der Waals surface area contributed by atoms with Crippen LogP contribution in [0.1, 0.15) is 16.8 Å². The first kappa shape index (κ1) is 12.8. The van der Waals surface area contributed by atoms with E-state index in [0.717, 1.165) is 17.3 Å². The largest absolute Gasteiger partial charge is 0.378 e. The molecule has 0 saturated carbocycles. The fourth-order valence-electron chi connectivity index (χ4n) is 3.16. The van der Waals surface area contributed by atoms with Gasteiger partial charge in [-0.25, -0.2) is 0 Å². The Morgan fingerprint density at radius 2 is 2.33 bits per heavy atom. The van der Waals surface area contributed by atoms with Crippen LogP contribution in [0.3, 0.4) is 0 Å². The number of rotatable bonds is 1. The molecule has 1 aromatic carbocycles. The maximum Gasteiger partial charge on any atom is 0.256 e. The Morgan fingerprint density at radius 1 is 1.38 bits per heavy atom. The molecule has 1 unspecified atom stereocenters. The molecule has 2 aromatic rings. The van der Waals surface area contributed by atoms with Gasteiger partial charge in [-0.2, -0.15) is 5.10 Å². The molecule has 0 aliphatic carbocycles. The summed E-state index contributed by atoms with van der Waals surface area (Å²) in [7, 11) is 0. The van der Waals surface area contributed by atoms with E-state index < -0.39 is 0 Å². The summed E-state index contributed by atoms with van der Waals surface area (Å²) in [5.74, 6) is 0.0272. The van der Waals surface area contributed by atoms with Crippen molar-refractivity contribution < 1.29 is 14.3 Å². The predicted octanol–water partition coefficient (Wildman–Crippen LogP) is 1.19. The van der Waals surface area contributed by atoms with Crippen molar-refractivity contribution in [3.05, 3.63) is 30.0 Å². The highest BCUT2D eigenvalue weighted by atomic mass is 16.6. The van der Waals surface area contributed by atoms with Crippen LogP contribution in [0.5, 0.6) is 0 Å². The van der Waals surface area contributed by atoms with Gasteiger partial charge in [0.1, 0.15) is 5.60 Å². The quantitative estimate of drug-likeness (QED) is 0.855. The molecule has 4 rings (SSSR count). The molecule has 1 atom stereocenters. The number of hydrogen-bond donors (Lipinski definition) is 1. The Kier molecular flexibility index (Phi) is 2.94. The van der Waals surface area contributed by atoms with Gasteiger partial charge in [-0.15, -0.1) is 0 Å². The van der Waals surface area contributed by atoms with E-state index in [1.807, 2.05) is 23.1 Å². The Hall–Kier alpha value is -1.92. The molecule has 2 aliphatic heterocycles. The van der Waals surface area contributed by atoms with Crippen molar-refractivity contribution in [1.82, 2.24) is 15.1 Å². The van der Waals surface area contributed by atoms with E-state index in [9.17, 15) is 4.79 Å². The van der Waals surface area contributed by atoms with E-state index in [-0.39, 0.29) is 11.5 Å². The summed E-state index contributed by atoms with van der Waals surface area (Å²) in [5, 5.41) is 7.89. The monoisotopic (exact) mass is 287 g/mol. The van der Waals surface area contributed by atoms with Crippen molar-refractivity contribution in [3.63, 3.8) is 0 Å². The van der Waals surface area contributed by atoms with Crippen LogP contribution in [-0.2, 0) is 9.47 Å². The summed E-state index contributed by atoms with van der Waals surface area (Å²) < 4.78 is 11.3. The van der Waals surface area contributed by atoms with Crippen molar-refractivity contribution in [2.75, 3.05) is 32.9 Å². The highest BCUT2D eigenvalue weighted by Crippen LogP contribution is 2.28. The van der Waals surface area contributed by atoms with E-state index in [2.05, 4.69) is 10.2 Å². The van der Waals surface area contributed by atoms with Gasteiger partial charge in [0.2, 0.25) is 0 Å². The van der Waals surface area contributed by atoms with Crippen molar-refractivity contribution >= 4 is 16.8 Å². The third-order valence-electron chi connectivity index (χ3n) is 4.31. The third kappa shape index (κ3) is 2.11. The van der Waals surface area contributed by atoms with Gasteiger partial charge in [-0.1, -0.05) is 12.1 Å². The van der Waals surface area contributed by atoms with Crippen LogP contribution in [0, 0.1) is 0 Å². The molecule has 2 saturated heterocycles. The number of amides is 1. The number of ether oxygens (including phenoxy) is 2. The van der Waals surface area contributed by atoms with Crippen LogP contribution in [0.4, 0.5) is 0 Å². The molecule has 1 amide bonds. The van der Waals surface area contributed by atoms with Crippen LogP contribution < -0.4 is 0 Å². The minimum Gasteiger partial charge on any atom is -0.378 e. The van der Waals surface area contributed by atoms with Crippen molar-refractivity contribution in [1.29, 1.82) is 0 Å². The highest BCUT2D eigenvalue weighted by molar-refractivity contribution is 6.05. The Balaban J connectivity index is 1.63. The molecular formula is C15H17N3O3. The molecule has 1 aromatic heterocycles. The van der Waals surface area contributed by atoms with Gasteiger partial charge in [-0.05, 0) is 6.07 Å². The van der Waals surface area contributed by atoms with E-state index >= 15 is 0 Å². The van der Waals surface area contributed by atoms with Crippen LogP contribution in [0.2, 0.25) is 0 Å². The van der Waals surface area contributed by atoms with Crippen molar-refractivity contribution in [2.45, 2.75) is 12.0 Å². The Morgan fingerprint density at radius 3 is 3.19 bits per heavy atom. The number of nitrogens with one attached hydrogen (secondary N) is 1. The molecule has 3 heterocycles. The Labute approximate surface area is 122 Å². The van der Waals surface area contributed by atoms with Crippen LogP contribution >= 0.6 is 0 Å². The number of aromatic amines is 1. The van der Waals surface area contributed by atoms with Gasteiger partial charge >= 0.3 is 0 Å². The third-order valence-corrected chi connectivity index (χ3v) is 4.31. The minimum atomic E-state index is -0.310. The average Bonchev–Trinajstić information content (AvgIpc) is 3.15. The smallest absolute Gasteiger partial charge is 0.256 e. The van der Waals surface area contributed by atoms with Crippen LogP contribution in [0.25, 0.3) is 10.9 Å². The number of para-hydroxylation sites is 1. The number of fused-ring (bicyclic) bond motifs is 1. The Bertz CT molecular complexity index is 676. The van der Waals surface area contributed by atoms with Crippen molar-refractivity contribution in [3.8, 4) is 0 Å². The molecule has 1 N–H and O–H groups in total.